The lowest BCUT2D eigenvalue weighted by Crippen LogP contribution is -2.36. The number of aromatic nitrogens is 1. The summed E-state index contributed by atoms with van der Waals surface area (Å²) in [5.41, 5.74) is 5.87. The molecule has 0 aliphatic heterocycles. The minimum absolute atomic E-state index is 0.192. The van der Waals surface area contributed by atoms with Gasteiger partial charge in [-0.2, -0.15) is 0 Å². The third-order valence-corrected chi connectivity index (χ3v) is 5.36. The van der Waals surface area contributed by atoms with Gasteiger partial charge in [-0.25, -0.2) is 0 Å². The number of amides is 1. The second kappa shape index (κ2) is 10.0. The lowest BCUT2D eigenvalue weighted by molar-refractivity contribution is -0.142. The molecule has 5 nitrogen and oxygen atoms in total. The standard InChI is InChI=1S/C26H28N2O3/c1-17-7-13-22(14-8-17)25(19(3)26(30)31)28-24(29)16-21-11-9-20(10-12-21)15-23-6-4-5-18(2)27-23/h4-14,19,25H,15-16H2,1-3H3,(H,28,29)(H,30,31)/t19-,25+/m1/s1. The number of aliphatic carboxylic acids is 1. The second-order valence-electron chi connectivity index (χ2n) is 8.02. The number of carboxylic acid groups (broad SMARTS) is 1. The van der Waals surface area contributed by atoms with E-state index in [9.17, 15) is 14.7 Å². The van der Waals surface area contributed by atoms with E-state index < -0.39 is 17.9 Å². The first kappa shape index (κ1) is 22.2. The van der Waals surface area contributed by atoms with Gasteiger partial charge in [-0.1, -0.05) is 60.2 Å². The summed E-state index contributed by atoms with van der Waals surface area (Å²) in [7, 11) is 0. The zero-order valence-electron chi connectivity index (χ0n) is 18.1. The number of carbonyl (C=O) groups excluding carboxylic acids is 1. The van der Waals surface area contributed by atoms with Crippen molar-refractivity contribution in [2.75, 3.05) is 0 Å². The molecule has 1 aromatic heterocycles. The molecule has 5 heteroatoms. The second-order valence-corrected chi connectivity index (χ2v) is 8.02. The maximum atomic E-state index is 12.7. The summed E-state index contributed by atoms with van der Waals surface area (Å²) >= 11 is 0. The van der Waals surface area contributed by atoms with Crippen molar-refractivity contribution in [2.45, 2.75) is 39.7 Å². The summed E-state index contributed by atoms with van der Waals surface area (Å²) in [6.45, 7) is 5.55. The molecule has 160 valence electrons. The van der Waals surface area contributed by atoms with Crippen LogP contribution in [0.25, 0.3) is 0 Å². The van der Waals surface area contributed by atoms with E-state index in [-0.39, 0.29) is 12.3 Å². The number of benzene rings is 2. The van der Waals surface area contributed by atoms with Crippen LogP contribution in [0.3, 0.4) is 0 Å². The van der Waals surface area contributed by atoms with Crippen LogP contribution in [0, 0.1) is 19.8 Å². The molecule has 0 saturated heterocycles. The Kier molecular flexibility index (Phi) is 7.19. The Hall–Kier alpha value is -3.47. The molecule has 0 unspecified atom stereocenters. The molecule has 3 rings (SSSR count). The van der Waals surface area contributed by atoms with Gasteiger partial charge in [0.2, 0.25) is 5.91 Å². The zero-order chi connectivity index (χ0) is 22.4. The predicted octanol–water partition coefficient (Wildman–Crippen LogP) is 4.41. The Labute approximate surface area is 183 Å². The van der Waals surface area contributed by atoms with Crippen LogP contribution >= 0.6 is 0 Å². The first-order chi connectivity index (χ1) is 14.8. The average Bonchev–Trinajstić information content (AvgIpc) is 2.74. The molecule has 1 heterocycles. The molecule has 1 amide bonds. The molecule has 31 heavy (non-hydrogen) atoms. The highest BCUT2D eigenvalue weighted by atomic mass is 16.4. The summed E-state index contributed by atoms with van der Waals surface area (Å²) in [6.07, 6.45) is 0.928. The van der Waals surface area contributed by atoms with Crippen molar-refractivity contribution in [3.8, 4) is 0 Å². The van der Waals surface area contributed by atoms with Crippen molar-refractivity contribution >= 4 is 11.9 Å². The van der Waals surface area contributed by atoms with Crippen molar-refractivity contribution in [1.82, 2.24) is 10.3 Å². The lowest BCUT2D eigenvalue weighted by atomic mass is 9.93. The van der Waals surface area contributed by atoms with Crippen molar-refractivity contribution in [2.24, 2.45) is 5.92 Å². The van der Waals surface area contributed by atoms with Gasteiger partial charge in [-0.3, -0.25) is 14.6 Å². The molecule has 2 aromatic carbocycles. The number of hydrogen-bond acceptors (Lipinski definition) is 3. The Morgan fingerprint density at radius 3 is 2.19 bits per heavy atom. The maximum absolute atomic E-state index is 12.7. The first-order valence-electron chi connectivity index (χ1n) is 10.4. The van der Waals surface area contributed by atoms with E-state index in [2.05, 4.69) is 10.3 Å². The first-order valence-corrected chi connectivity index (χ1v) is 10.4. The molecular formula is C26H28N2O3. The molecule has 0 aliphatic rings. The minimum Gasteiger partial charge on any atom is -0.481 e. The molecule has 2 N–H and O–H groups in total. The Bertz CT molecular complexity index is 1040. The summed E-state index contributed by atoms with van der Waals surface area (Å²) in [6, 6.07) is 20.9. The van der Waals surface area contributed by atoms with E-state index in [1.165, 1.54) is 0 Å². The topological polar surface area (TPSA) is 79.3 Å². The Morgan fingerprint density at radius 1 is 0.935 bits per heavy atom. The fourth-order valence-electron chi connectivity index (χ4n) is 3.51. The van der Waals surface area contributed by atoms with E-state index in [4.69, 9.17) is 0 Å². The van der Waals surface area contributed by atoms with Gasteiger partial charge in [-0.15, -0.1) is 0 Å². The van der Waals surface area contributed by atoms with E-state index in [1.807, 2.05) is 80.6 Å². The van der Waals surface area contributed by atoms with Gasteiger partial charge in [0.05, 0.1) is 18.4 Å². The quantitative estimate of drug-likeness (QED) is 0.570. The number of nitrogens with one attached hydrogen (secondary N) is 1. The van der Waals surface area contributed by atoms with Crippen molar-refractivity contribution in [1.29, 1.82) is 0 Å². The third-order valence-electron chi connectivity index (χ3n) is 5.36. The van der Waals surface area contributed by atoms with Gasteiger partial charge in [0.1, 0.15) is 0 Å². The van der Waals surface area contributed by atoms with E-state index in [0.717, 1.165) is 40.1 Å². The van der Waals surface area contributed by atoms with E-state index in [0.29, 0.717) is 0 Å². The molecular weight excluding hydrogens is 388 g/mol. The molecule has 0 aliphatic carbocycles. The highest BCUT2D eigenvalue weighted by molar-refractivity contribution is 5.80. The molecule has 0 bridgehead atoms. The van der Waals surface area contributed by atoms with Crippen LogP contribution in [0.4, 0.5) is 0 Å². The van der Waals surface area contributed by atoms with Crippen molar-refractivity contribution in [3.63, 3.8) is 0 Å². The van der Waals surface area contributed by atoms with Crippen molar-refractivity contribution in [3.05, 3.63) is 100 Å². The fraction of sp³-hybridized carbons (Fsp3) is 0.269. The van der Waals surface area contributed by atoms with Crippen molar-refractivity contribution < 1.29 is 14.7 Å². The molecule has 0 radical (unpaired) electrons. The smallest absolute Gasteiger partial charge is 0.308 e. The average molecular weight is 417 g/mol. The van der Waals surface area contributed by atoms with Crippen LogP contribution in [0.1, 0.15) is 46.6 Å². The van der Waals surface area contributed by atoms with Crippen LogP contribution in [-0.4, -0.2) is 22.0 Å². The normalized spacial score (nSPS) is 12.7. The SMILES string of the molecule is Cc1ccc([C@@H](NC(=O)Cc2ccc(Cc3cccc(C)n3)cc2)[C@@H](C)C(=O)O)cc1. The lowest BCUT2D eigenvalue weighted by Gasteiger charge is -2.23. The largest absolute Gasteiger partial charge is 0.481 e. The van der Waals surface area contributed by atoms with E-state index in [1.54, 1.807) is 6.92 Å². The monoisotopic (exact) mass is 416 g/mol. The number of pyridine rings is 1. The number of carboxylic acids is 1. The maximum Gasteiger partial charge on any atom is 0.308 e. The molecule has 3 aromatic rings. The predicted molar refractivity (Wildman–Crippen MR) is 121 cm³/mol. The van der Waals surface area contributed by atoms with Crippen LogP contribution in [0.5, 0.6) is 0 Å². The fourth-order valence-corrected chi connectivity index (χ4v) is 3.51. The zero-order valence-corrected chi connectivity index (χ0v) is 18.1. The summed E-state index contributed by atoms with van der Waals surface area (Å²) < 4.78 is 0. The number of rotatable bonds is 8. The van der Waals surface area contributed by atoms with Gasteiger partial charge >= 0.3 is 5.97 Å². The summed E-state index contributed by atoms with van der Waals surface area (Å²) in [5.74, 6) is -1.89. The van der Waals surface area contributed by atoms with Gasteiger partial charge in [0, 0.05) is 17.8 Å². The number of aryl methyl sites for hydroxylation is 2. The van der Waals surface area contributed by atoms with Crippen LogP contribution < -0.4 is 5.32 Å². The van der Waals surface area contributed by atoms with Gasteiger partial charge in [-0.05, 0) is 49.6 Å². The highest BCUT2D eigenvalue weighted by Crippen LogP contribution is 2.23. The van der Waals surface area contributed by atoms with Crippen LogP contribution in [0.15, 0.2) is 66.7 Å². The Balaban J connectivity index is 1.66. The van der Waals surface area contributed by atoms with Gasteiger partial charge < -0.3 is 10.4 Å². The van der Waals surface area contributed by atoms with E-state index >= 15 is 0 Å². The van der Waals surface area contributed by atoms with Crippen LogP contribution in [0.2, 0.25) is 0 Å². The minimum atomic E-state index is -0.944. The summed E-state index contributed by atoms with van der Waals surface area (Å²) in [4.78, 5) is 28.8. The molecule has 0 fully saturated rings. The molecule has 2 atom stereocenters. The molecule has 0 saturated carbocycles. The number of nitrogens with zero attached hydrogens (tertiary/aromatic N) is 1. The third kappa shape index (κ3) is 6.25. The number of carbonyl (C=O) groups is 2. The highest BCUT2D eigenvalue weighted by Gasteiger charge is 2.26. The number of hydrogen-bond donors (Lipinski definition) is 2. The van der Waals surface area contributed by atoms with Gasteiger partial charge in [0.15, 0.2) is 0 Å². The van der Waals surface area contributed by atoms with Gasteiger partial charge in [0.25, 0.3) is 0 Å². The molecule has 0 spiro atoms. The summed E-state index contributed by atoms with van der Waals surface area (Å²) in [5, 5.41) is 12.4. The Morgan fingerprint density at radius 2 is 1.58 bits per heavy atom. The van der Waals surface area contributed by atoms with Crippen LogP contribution in [-0.2, 0) is 22.4 Å².